The van der Waals surface area contributed by atoms with Gasteiger partial charge in [0, 0.05) is 18.4 Å². The van der Waals surface area contributed by atoms with Crippen LogP contribution < -0.4 is 5.32 Å². The minimum absolute atomic E-state index is 0.0503. The second-order valence-corrected chi connectivity index (χ2v) is 7.84. The van der Waals surface area contributed by atoms with E-state index in [-0.39, 0.29) is 5.41 Å². The lowest BCUT2D eigenvalue weighted by Crippen LogP contribution is -2.20. The van der Waals surface area contributed by atoms with E-state index in [0.717, 1.165) is 46.7 Å². The smallest absolute Gasteiger partial charge is 0.143 e. The van der Waals surface area contributed by atoms with Crippen molar-refractivity contribution in [2.24, 2.45) is 5.92 Å². The number of hydrogen-bond donors (Lipinski definition) is 1. The van der Waals surface area contributed by atoms with Gasteiger partial charge in [-0.25, -0.2) is 9.97 Å². The van der Waals surface area contributed by atoms with Gasteiger partial charge in [0.25, 0.3) is 0 Å². The van der Waals surface area contributed by atoms with Gasteiger partial charge in [-0.05, 0) is 41.4 Å². The summed E-state index contributed by atoms with van der Waals surface area (Å²) in [6, 6.07) is 0. The molecule has 3 nitrogen and oxygen atoms in total. The van der Waals surface area contributed by atoms with Crippen molar-refractivity contribution in [1.82, 2.24) is 9.97 Å². The lowest BCUT2D eigenvalue weighted by molar-refractivity contribution is 0.543. The molecule has 0 aliphatic carbocycles. The molecule has 0 amide bonds. The van der Waals surface area contributed by atoms with Crippen molar-refractivity contribution in [2.45, 2.75) is 66.2 Å². The Labute approximate surface area is 137 Å². The van der Waals surface area contributed by atoms with Gasteiger partial charge >= 0.3 is 0 Å². The third-order valence-corrected chi connectivity index (χ3v) is 4.12. The zero-order valence-electron chi connectivity index (χ0n) is 13.7. The molecule has 1 aromatic heterocycles. The molecular formula is C16H28IN3. The molecule has 0 aromatic carbocycles. The van der Waals surface area contributed by atoms with E-state index < -0.39 is 0 Å². The van der Waals surface area contributed by atoms with Gasteiger partial charge < -0.3 is 5.32 Å². The van der Waals surface area contributed by atoms with E-state index in [1.54, 1.807) is 0 Å². The average Bonchev–Trinajstić information content (AvgIpc) is 2.34. The number of anilines is 1. The van der Waals surface area contributed by atoms with Gasteiger partial charge in [-0.3, -0.25) is 0 Å². The Balaban J connectivity index is 3.12. The van der Waals surface area contributed by atoms with Gasteiger partial charge in [-0.2, -0.15) is 0 Å². The van der Waals surface area contributed by atoms with Crippen LogP contribution in [0.1, 0.15) is 65.9 Å². The number of nitrogens with one attached hydrogen (secondary N) is 1. The fourth-order valence-electron chi connectivity index (χ4n) is 1.88. The maximum atomic E-state index is 4.83. The maximum Gasteiger partial charge on any atom is 0.143 e. The molecule has 0 unspecified atom stereocenters. The fraction of sp³-hybridized carbons (Fsp3) is 0.750. The van der Waals surface area contributed by atoms with Crippen molar-refractivity contribution < 1.29 is 0 Å². The van der Waals surface area contributed by atoms with Crippen LogP contribution in [-0.2, 0) is 11.8 Å². The summed E-state index contributed by atoms with van der Waals surface area (Å²) in [4.78, 5) is 9.55. The van der Waals surface area contributed by atoms with E-state index in [2.05, 4.69) is 69.5 Å². The van der Waals surface area contributed by atoms with Crippen LogP contribution in [0, 0.1) is 9.49 Å². The molecule has 20 heavy (non-hydrogen) atoms. The Kier molecular flexibility index (Phi) is 6.69. The summed E-state index contributed by atoms with van der Waals surface area (Å²) >= 11 is 2.38. The molecule has 0 radical (unpaired) electrons. The van der Waals surface area contributed by atoms with Crippen molar-refractivity contribution in [3.05, 3.63) is 15.1 Å². The van der Waals surface area contributed by atoms with E-state index in [1.165, 1.54) is 0 Å². The summed E-state index contributed by atoms with van der Waals surface area (Å²) in [6.07, 6.45) is 3.20. The van der Waals surface area contributed by atoms with Gasteiger partial charge in [0.2, 0.25) is 0 Å². The molecule has 1 heterocycles. The van der Waals surface area contributed by atoms with Crippen LogP contribution in [0.3, 0.4) is 0 Å². The van der Waals surface area contributed by atoms with E-state index >= 15 is 0 Å². The Morgan fingerprint density at radius 1 is 1.20 bits per heavy atom. The zero-order chi connectivity index (χ0) is 15.3. The Morgan fingerprint density at radius 2 is 1.85 bits per heavy atom. The second kappa shape index (κ2) is 7.57. The van der Waals surface area contributed by atoms with Crippen LogP contribution in [0.15, 0.2) is 0 Å². The first-order valence-electron chi connectivity index (χ1n) is 7.56. The maximum absolute atomic E-state index is 4.83. The first-order valence-corrected chi connectivity index (χ1v) is 8.64. The largest absolute Gasteiger partial charge is 0.369 e. The number of aromatic nitrogens is 2. The summed E-state index contributed by atoms with van der Waals surface area (Å²) in [5, 5.41) is 3.44. The minimum atomic E-state index is 0.0503. The van der Waals surface area contributed by atoms with E-state index in [0.29, 0.717) is 5.92 Å². The Bertz CT molecular complexity index is 436. The monoisotopic (exact) mass is 389 g/mol. The van der Waals surface area contributed by atoms with E-state index in [9.17, 15) is 0 Å². The van der Waals surface area contributed by atoms with E-state index in [1.807, 2.05) is 0 Å². The highest BCUT2D eigenvalue weighted by molar-refractivity contribution is 14.1. The minimum Gasteiger partial charge on any atom is -0.369 e. The number of hydrogen-bond acceptors (Lipinski definition) is 3. The molecule has 0 saturated carbocycles. The highest BCUT2D eigenvalue weighted by atomic mass is 127. The van der Waals surface area contributed by atoms with Gasteiger partial charge in [0.1, 0.15) is 11.6 Å². The molecule has 0 aliphatic heterocycles. The van der Waals surface area contributed by atoms with Crippen molar-refractivity contribution in [1.29, 1.82) is 0 Å². The third kappa shape index (κ3) is 5.19. The number of aryl methyl sites for hydroxylation is 1. The second-order valence-electron chi connectivity index (χ2n) is 6.76. The van der Waals surface area contributed by atoms with Gasteiger partial charge in [-0.1, -0.05) is 41.5 Å². The van der Waals surface area contributed by atoms with Crippen LogP contribution in [0.5, 0.6) is 0 Å². The van der Waals surface area contributed by atoms with Gasteiger partial charge in [0.15, 0.2) is 0 Å². The quantitative estimate of drug-likeness (QED) is 0.711. The number of nitrogens with zero attached hydrogens (tertiary/aromatic N) is 2. The molecule has 1 aromatic rings. The molecule has 1 N–H and O–H groups in total. The normalized spacial score (nSPS) is 12.0. The zero-order valence-corrected chi connectivity index (χ0v) is 15.8. The molecular weight excluding hydrogens is 361 g/mol. The highest BCUT2D eigenvalue weighted by Gasteiger charge is 2.23. The summed E-state index contributed by atoms with van der Waals surface area (Å²) in [5.41, 5.74) is 1.21. The van der Waals surface area contributed by atoms with E-state index in [4.69, 9.17) is 9.97 Å². The van der Waals surface area contributed by atoms with Crippen molar-refractivity contribution in [3.8, 4) is 0 Å². The summed E-state index contributed by atoms with van der Waals surface area (Å²) in [6.45, 7) is 14.3. The summed E-state index contributed by atoms with van der Waals surface area (Å²) in [7, 11) is 0. The van der Waals surface area contributed by atoms with Crippen LogP contribution in [-0.4, -0.2) is 16.5 Å². The van der Waals surface area contributed by atoms with Crippen molar-refractivity contribution >= 4 is 28.4 Å². The third-order valence-electron chi connectivity index (χ3n) is 3.10. The summed E-state index contributed by atoms with van der Waals surface area (Å²) < 4.78 is 1.16. The predicted octanol–water partition coefficient (Wildman–Crippen LogP) is 4.79. The van der Waals surface area contributed by atoms with Crippen LogP contribution in [0.4, 0.5) is 5.82 Å². The molecule has 0 spiro atoms. The summed E-state index contributed by atoms with van der Waals surface area (Å²) in [5.74, 6) is 2.66. The van der Waals surface area contributed by atoms with Gasteiger partial charge in [0.05, 0.1) is 9.26 Å². The van der Waals surface area contributed by atoms with Gasteiger partial charge in [-0.15, -0.1) is 0 Å². The molecule has 114 valence electrons. The Hall–Kier alpha value is -0.390. The molecule has 0 aliphatic rings. The highest BCUT2D eigenvalue weighted by Crippen LogP contribution is 2.29. The molecule has 0 saturated heterocycles. The molecule has 4 heteroatoms. The molecule has 0 bridgehead atoms. The van der Waals surface area contributed by atoms with Crippen molar-refractivity contribution in [3.63, 3.8) is 0 Å². The standard InChI is InChI=1S/C16H28IN3/c1-7-10-18-15-13(17)14(16(4,5)6)19-12(20-15)9-8-11(2)3/h11H,7-10H2,1-6H3,(H,18,19,20). The lowest BCUT2D eigenvalue weighted by atomic mass is 9.91. The predicted molar refractivity (Wildman–Crippen MR) is 95.4 cm³/mol. The van der Waals surface area contributed by atoms with Crippen LogP contribution in [0.25, 0.3) is 0 Å². The molecule has 0 atom stereocenters. The van der Waals surface area contributed by atoms with Crippen molar-refractivity contribution in [2.75, 3.05) is 11.9 Å². The lowest BCUT2D eigenvalue weighted by Gasteiger charge is -2.22. The number of halogens is 1. The average molecular weight is 389 g/mol. The topological polar surface area (TPSA) is 37.8 Å². The SMILES string of the molecule is CCCNc1nc(CCC(C)C)nc(C(C)(C)C)c1I. The Morgan fingerprint density at radius 3 is 2.35 bits per heavy atom. The first kappa shape index (κ1) is 17.7. The van der Waals surface area contributed by atoms with Crippen LogP contribution >= 0.6 is 22.6 Å². The fourth-order valence-corrected chi connectivity index (χ4v) is 3.12. The number of rotatable bonds is 6. The first-order chi connectivity index (χ1) is 9.25. The van der Waals surface area contributed by atoms with Crippen LogP contribution in [0.2, 0.25) is 0 Å². The molecule has 1 rings (SSSR count). The molecule has 0 fully saturated rings.